The second kappa shape index (κ2) is 18.3. The third-order valence-corrected chi connectivity index (χ3v) is 10.9. The number of allylic oxidation sites excluding steroid dienone is 8. The molecule has 0 spiro atoms. The van der Waals surface area contributed by atoms with E-state index in [1.165, 1.54) is 5.56 Å². The number of carboxylic acid groups (broad SMARTS) is 1. The minimum Gasteiger partial charge on any atom is -0.481 e. The first-order chi connectivity index (χ1) is 24.3. The maximum absolute atomic E-state index is 11.4. The van der Waals surface area contributed by atoms with Crippen molar-refractivity contribution < 1.29 is 42.1 Å². The lowest BCUT2D eigenvalue weighted by atomic mass is 9.80. The third-order valence-electron chi connectivity index (χ3n) is 9.60. The van der Waals surface area contributed by atoms with Crippen LogP contribution in [-0.4, -0.2) is 75.3 Å². The molecule has 51 heavy (non-hydrogen) atoms. The fourth-order valence-electron chi connectivity index (χ4n) is 7.01. The number of carbonyl (C=O) groups is 1. The molecule has 2 aliphatic heterocycles. The van der Waals surface area contributed by atoms with Crippen molar-refractivity contribution in [2.45, 2.75) is 77.0 Å². The van der Waals surface area contributed by atoms with E-state index in [9.17, 15) is 27.4 Å². The summed E-state index contributed by atoms with van der Waals surface area (Å²) in [6, 6.07) is 12.1. The van der Waals surface area contributed by atoms with Gasteiger partial charge in [-0.1, -0.05) is 62.4 Å². The van der Waals surface area contributed by atoms with Gasteiger partial charge in [-0.2, -0.15) is 4.58 Å². The minimum absolute atomic E-state index is 0.0456. The topological polar surface area (TPSA) is 148 Å². The highest BCUT2D eigenvalue weighted by atomic mass is 32.2. The molecular formula is C39H51N2O8S2+. The van der Waals surface area contributed by atoms with Gasteiger partial charge in [-0.15, -0.1) is 0 Å². The van der Waals surface area contributed by atoms with Crippen LogP contribution in [0, 0.1) is 0 Å². The van der Waals surface area contributed by atoms with Crippen LogP contribution < -0.4 is 4.90 Å². The van der Waals surface area contributed by atoms with Crippen LogP contribution in [0.2, 0.25) is 0 Å². The van der Waals surface area contributed by atoms with E-state index in [1.54, 1.807) is 0 Å². The normalized spacial score (nSPS) is 18.4. The average molecular weight is 740 g/mol. The zero-order valence-electron chi connectivity index (χ0n) is 29.9. The molecule has 12 heteroatoms. The van der Waals surface area contributed by atoms with Gasteiger partial charge < -0.3 is 19.1 Å². The van der Waals surface area contributed by atoms with Crippen LogP contribution >= 0.6 is 0 Å². The smallest absolute Gasteiger partial charge is 0.307 e. The molecule has 0 radical (unpaired) electrons. The van der Waals surface area contributed by atoms with Gasteiger partial charge in [-0.25, -0.2) is 13.3 Å². The summed E-state index contributed by atoms with van der Waals surface area (Å²) < 4.78 is 43.2. The number of benzene rings is 2. The lowest BCUT2D eigenvalue weighted by Crippen LogP contribution is -2.28. The summed E-state index contributed by atoms with van der Waals surface area (Å²) in [7, 11) is 0. The van der Waals surface area contributed by atoms with Crippen LogP contribution in [0.5, 0.6) is 0 Å². The largest absolute Gasteiger partial charge is 0.481 e. The lowest BCUT2D eigenvalue weighted by Gasteiger charge is -2.27. The molecule has 2 aromatic rings. The van der Waals surface area contributed by atoms with E-state index >= 15 is 0 Å². The van der Waals surface area contributed by atoms with Crippen molar-refractivity contribution in [1.82, 2.24) is 0 Å². The van der Waals surface area contributed by atoms with Crippen molar-refractivity contribution in [2.75, 3.05) is 36.1 Å². The minimum atomic E-state index is -1.83. The molecule has 0 amide bonds. The van der Waals surface area contributed by atoms with Gasteiger partial charge in [0.1, 0.15) is 6.54 Å². The number of rotatable bonds is 19. The molecule has 0 saturated carbocycles. The molecule has 2 atom stereocenters. The highest BCUT2D eigenvalue weighted by Crippen LogP contribution is 2.48. The Labute approximate surface area is 306 Å². The number of unbranched alkanes of at least 4 members (excludes halogenated alkanes) is 2. The first kappa shape index (κ1) is 40.3. The number of anilines is 1. The molecule has 10 nitrogen and oxygen atoms in total. The average Bonchev–Trinajstić information content (AvgIpc) is 3.40. The number of hydrogen-bond donors (Lipinski definition) is 4. The Kier molecular flexibility index (Phi) is 14.4. The number of hydrogen-bond acceptors (Lipinski definition) is 6. The van der Waals surface area contributed by atoms with Crippen LogP contribution in [-0.2, 0) is 55.5 Å². The van der Waals surface area contributed by atoms with Crippen molar-refractivity contribution in [3.63, 3.8) is 0 Å². The molecule has 0 fully saturated rings. The Hall–Kier alpha value is -3.52. The number of carboxylic acids is 1. The van der Waals surface area contributed by atoms with Gasteiger partial charge in [0, 0.05) is 59.0 Å². The molecule has 2 aromatic carbocycles. The fourth-order valence-corrected chi connectivity index (χ4v) is 7.91. The van der Waals surface area contributed by atoms with Crippen LogP contribution in [0.15, 0.2) is 84.6 Å². The first-order valence-corrected chi connectivity index (χ1v) is 19.9. The molecule has 4 rings (SSSR count). The van der Waals surface area contributed by atoms with E-state index < -0.39 is 28.1 Å². The Balaban J connectivity index is 1.55. The van der Waals surface area contributed by atoms with Crippen LogP contribution in [0.3, 0.4) is 0 Å². The van der Waals surface area contributed by atoms with Crippen molar-refractivity contribution in [3.05, 3.63) is 107 Å². The summed E-state index contributed by atoms with van der Waals surface area (Å²) in [6.07, 6.45) is 17.5. The lowest BCUT2D eigenvalue weighted by molar-refractivity contribution is -0.438. The molecule has 2 aliphatic rings. The van der Waals surface area contributed by atoms with E-state index in [4.69, 9.17) is 5.26 Å². The van der Waals surface area contributed by atoms with E-state index in [0.29, 0.717) is 32.4 Å². The van der Waals surface area contributed by atoms with Gasteiger partial charge in [0.15, 0.2) is 27.9 Å². The van der Waals surface area contributed by atoms with Crippen molar-refractivity contribution in [3.8, 4) is 0 Å². The molecule has 4 N–H and O–H groups in total. The summed E-state index contributed by atoms with van der Waals surface area (Å²) >= 11 is -3.64. The highest BCUT2D eigenvalue weighted by molar-refractivity contribution is 7.79. The van der Waals surface area contributed by atoms with E-state index in [1.807, 2.05) is 54.6 Å². The van der Waals surface area contributed by atoms with Gasteiger partial charge >= 0.3 is 5.97 Å². The Morgan fingerprint density at radius 2 is 1.49 bits per heavy atom. The van der Waals surface area contributed by atoms with Crippen molar-refractivity contribution >= 4 is 45.2 Å². The highest BCUT2D eigenvalue weighted by Gasteiger charge is 2.44. The second-order valence-electron chi connectivity index (χ2n) is 13.9. The second-order valence-corrected chi connectivity index (χ2v) is 16.0. The summed E-state index contributed by atoms with van der Waals surface area (Å²) in [6.45, 7) is 10.3. The molecule has 0 saturated heterocycles. The summed E-state index contributed by atoms with van der Waals surface area (Å²) in [4.78, 5) is 18.0. The number of nitrogens with zero attached hydrogens (tertiary/aromatic N) is 2. The molecule has 0 aromatic heterocycles. The predicted molar refractivity (Wildman–Crippen MR) is 205 cm³/mol. The molecular weight excluding hydrogens is 689 g/mol. The van der Waals surface area contributed by atoms with Crippen LogP contribution in [0.25, 0.3) is 0 Å². The maximum Gasteiger partial charge on any atom is 0.307 e. The van der Waals surface area contributed by atoms with Crippen molar-refractivity contribution in [1.29, 1.82) is 0 Å². The molecule has 2 unspecified atom stereocenters. The summed E-state index contributed by atoms with van der Waals surface area (Å²) in [5, 5.41) is 18.2. The maximum atomic E-state index is 11.4. The predicted octanol–water partition coefficient (Wildman–Crippen LogP) is 7.08. The quantitative estimate of drug-likeness (QED) is 0.0297. The van der Waals surface area contributed by atoms with Crippen LogP contribution in [0.1, 0.15) is 75.6 Å². The summed E-state index contributed by atoms with van der Waals surface area (Å²) in [5.41, 5.74) is 7.73. The fraction of sp³-hybridized carbons (Fsp3) is 0.436. The molecule has 0 aliphatic carbocycles. The van der Waals surface area contributed by atoms with Gasteiger partial charge in [0.25, 0.3) is 0 Å². The van der Waals surface area contributed by atoms with E-state index in [2.05, 4.69) is 66.3 Å². The van der Waals surface area contributed by atoms with E-state index in [0.717, 1.165) is 52.3 Å². The SMILES string of the molecule is CC1(C)C(/C=C/C=C/C=C/C=C2\N(CCCCS(=O)O)c3ccc(CC(=O)O)cc3C2(C)C)=[N+](CCCCS(=O)O)c2ccc(CCOO)cc21. The Morgan fingerprint density at radius 1 is 0.843 bits per heavy atom. The Morgan fingerprint density at radius 3 is 2.18 bits per heavy atom. The van der Waals surface area contributed by atoms with Gasteiger partial charge in [0.05, 0.1) is 18.4 Å². The molecule has 276 valence electrons. The number of aliphatic carboxylic acids is 1. The molecule has 2 heterocycles. The van der Waals surface area contributed by atoms with Gasteiger partial charge in [-0.3, -0.25) is 10.1 Å². The standard InChI is InChI=1S/C39H50N2O8S2/c1-38(2)31-26-29(20-23-49-44)16-18-33(31)40(21-10-12-24-50(45)46)35(38)14-8-6-5-7-9-15-36-39(3,4)32-27-30(28-37(42)43)17-19-34(32)41(36)22-11-13-25-51(47)48/h5-9,14-19,26-27H,10-13,20-25,28H2,1-4H3,(H3-,42,43,44,45,46,47,48)/p+1. The van der Waals surface area contributed by atoms with E-state index in [-0.39, 0.29) is 35.4 Å². The van der Waals surface area contributed by atoms with Gasteiger partial charge in [-0.05, 0) is 74.4 Å². The first-order valence-electron chi connectivity index (χ1n) is 17.3. The monoisotopic (exact) mass is 739 g/mol. The van der Waals surface area contributed by atoms with Crippen LogP contribution in [0.4, 0.5) is 11.4 Å². The third kappa shape index (κ3) is 10.3. The molecule has 0 bridgehead atoms. The zero-order chi connectivity index (χ0) is 37.2. The van der Waals surface area contributed by atoms with Gasteiger partial charge in [0.2, 0.25) is 5.69 Å². The number of fused-ring (bicyclic) bond motifs is 2. The zero-order valence-corrected chi connectivity index (χ0v) is 31.5. The van der Waals surface area contributed by atoms with Crippen molar-refractivity contribution in [2.24, 2.45) is 0 Å². The summed E-state index contributed by atoms with van der Waals surface area (Å²) in [5.74, 6) is -0.396. The Bertz CT molecular complexity index is 1770.